The van der Waals surface area contributed by atoms with Crippen LogP contribution in [0.25, 0.3) is 0 Å². The number of nitrogens with one attached hydrogen (secondary N) is 1. The molecule has 0 aliphatic rings. The third-order valence-corrected chi connectivity index (χ3v) is 4.27. The van der Waals surface area contributed by atoms with Gasteiger partial charge in [0.2, 0.25) is 0 Å². The minimum Gasteiger partial charge on any atom is -0.321 e. The molecule has 20 heavy (non-hydrogen) atoms. The fourth-order valence-corrected chi connectivity index (χ4v) is 2.73. The molecular formula is C13H11ClN2O3S. The van der Waals surface area contributed by atoms with Crippen LogP contribution in [0.4, 0.5) is 11.4 Å². The van der Waals surface area contributed by atoms with E-state index in [9.17, 15) is 14.9 Å². The summed E-state index contributed by atoms with van der Waals surface area (Å²) in [4.78, 5) is 23.3. The van der Waals surface area contributed by atoms with Crippen LogP contribution in [0.5, 0.6) is 0 Å². The van der Waals surface area contributed by atoms with E-state index < -0.39 is 4.92 Å². The number of nitro benzene ring substituents is 1. The summed E-state index contributed by atoms with van der Waals surface area (Å²) in [6.45, 7) is 3.81. The monoisotopic (exact) mass is 310 g/mol. The summed E-state index contributed by atoms with van der Waals surface area (Å²) >= 11 is 7.43. The Morgan fingerprint density at radius 3 is 2.60 bits per heavy atom. The SMILES string of the molecule is Cc1scc(C(=O)Nc2ccc([N+](=O)[O-])cc2Cl)c1C. The van der Waals surface area contributed by atoms with E-state index in [-0.39, 0.29) is 16.6 Å². The number of thiophene rings is 1. The zero-order valence-corrected chi connectivity index (χ0v) is 12.3. The lowest BCUT2D eigenvalue weighted by molar-refractivity contribution is -0.384. The van der Waals surface area contributed by atoms with Crippen molar-refractivity contribution in [2.24, 2.45) is 0 Å². The normalized spacial score (nSPS) is 10.3. The van der Waals surface area contributed by atoms with Crippen molar-refractivity contribution < 1.29 is 9.72 Å². The number of carbonyl (C=O) groups is 1. The van der Waals surface area contributed by atoms with Gasteiger partial charge < -0.3 is 5.32 Å². The second kappa shape index (κ2) is 5.60. The van der Waals surface area contributed by atoms with Crippen LogP contribution in [-0.2, 0) is 0 Å². The van der Waals surface area contributed by atoms with E-state index in [2.05, 4.69) is 5.32 Å². The van der Waals surface area contributed by atoms with Crippen LogP contribution >= 0.6 is 22.9 Å². The maximum absolute atomic E-state index is 12.1. The Kier molecular flexibility index (Phi) is 4.06. The minimum atomic E-state index is -0.538. The maximum atomic E-state index is 12.1. The molecule has 2 rings (SSSR count). The van der Waals surface area contributed by atoms with Gasteiger partial charge in [-0.25, -0.2) is 0 Å². The Morgan fingerprint density at radius 2 is 2.10 bits per heavy atom. The van der Waals surface area contributed by atoms with Gasteiger partial charge in [-0.2, -0.15) is 0 Å². The van der Waals surface area contributed by atoms with Gasteiger partial charge in [0.1, 0.15) is 0 Å². The number of nitrogens with zero attached hydrogens (tertiary/aromatic N) is 1. The smallest absolute Gasteiger partial charge is 0.271 e. The average molecular weight is 311 g/mol. The van der Waals surface area contributed by atoms with Crippen molar-refractivity contribution in [2.45, 2.75) is 13.8 Å². The molecule has 2 aromatic rings. The first kappa shape index (κ1) is 14.5. The van der Waals surface area contributed by atoms with Gasteiger partial charge in [0.15, 0.2) is 0 Å². The number of non-ortho nitro benzene ring substituents is 1. The predicted octanol–water partition coefficient (Wildman–Crippen LogP) is 4.18. The summed E-state index contributed by atoms with van der Waals surface area (Å²) in [5.41, 5.74) is 1.74. The molecule has 0 unspecified atom stereocenters. The highest BCUT2D eigenvalue weighted by molar-refractivity contribution is 7.10. The number of hydrogen-bond acceptors (Lipinski definition) is 4. The summed E-state index contributed by atoms with van der Waals surface area (Å²) in [5.74, 6) is -0.275. The lowest BCUT2D eigenvalue weighted by Gasteiger charge is -2.07. The van der Waals surface area contributed by atoms with Crippen LogP contribution in [0, 0.1) is 24.0 Å². The quantitative estimate of drug-likeness (QED) is 0.682. The van der Waals surface area contributed by atoms with Crippen LogP contribution in [0.15, 0.2) is 23.6 Å². The van der Waals surface area contributed by atoms with Crippen molar-refractivity contribution in [3.63, 3.8) is 0 Å². The molecule has 1 amide bonds. The molecule has 1 aromatic carbocycles. The third kappa shape index (κ3) is 2.81. The number of hydrogen-bond donors (Lipinski definition) is 1. The average Bonchev–Trinajstić information content (AvgIpc) is 2.72. The fraction of sp³-hybridized carbons (Fsp3) is 0.154. The molecule has 0 aliphatic carbocycles. The molecule has 0 bridgehead atoms. The van der Waals surface area contributed by atoms with Gasteiger partial charge in [-0.1, -0.05) is 11.6 Å². The zero-order chi connectivity index (χ0) is 14.9. The third-order valence-electron chi connectivity index (χ3n) is 2.94. The number of amides is 1. The molecule has 5 nitrogen and oxygen atoms in total. The van der Waals surface area contributed by atoms with Crippen molar-refractivity contribution in [1.29, 1.82) is 0 Å². The number of aryl methyl sites for hydroxylation is 1. The Labute approximate surface area is 124 Å². The molecule has 0 radical (unpaired) electrons. The highest BCUT2D eigenvalue weighted by atomic mass is 35.5. The molecule has 0 atom stereocenters. The van der Waals surface area contributed by atoms with Crippen molar-refractivity contribution in [2.75, 3.05) is 5.32 Å². The van der Waals surface area contributed by atoms with Gasteiger partial charge in [-0.05, 0) is 25.5 Å². The van der Waals surface area contributed by atoms with E-state index in [4.69, 9.17) is 11.6 Å². The van der Waals surface area contributed by atoms with Crippen molar-refractivity contribution in [3.8, 4) is 0 Å². The Balaban J connectivity index is 2.24. The number of anilines is 1. The van der Waals surface area contributed by atoms with Gasteiger partial charge >= 0.3 is 0 Å². The molecule has 1 N–H and O–H groups in total. The van der Waals surface area contributed by atoms with Gasteiger partial charge in [0.05, 0.1) is 21.2 Å². The van der Waals surface area contributed by atoms with E-state index in [0.717, 1.165) is 10.4 Å². The summed E-state index contributed by atoms with van der Waals surface area (Å²) in [6, 6.07) is 3.93. The molecule has 0 saturated carbocycles. The topological polar surface area (TPSA) is 72.2 Å². The second-order valence-corrected chi connectivity index (χ2v) is 5.70. The first-order chi connectivity index (χ1) is 9.40. The first-order valence-electron chi connectivity index (χ1n) is 5.70. The van der Waals surface area contributed by atoms with Crippen LogP contribution in [-0.4, -0.2) is 10.8 Å². The molecule has 104 valence electrons. The lowest BCUT2D eigenvalue weighted by Crippen LogP contribution is -2.12. The molecule has 1 heterocycles. The molecule has 0 saturated heterocycles. The maximum Gasteiger partial charge on any atom is 0.271 e. The number of halogens is 1. The second-order valence-electron chi connectivity index (χ2n) is 4.21. The van der Waals surface area contributed by atoms with Crippen LogP contribution in [0.3, 0.4) is 0 Å². The zero-order valence-electron chi connectivity index (χ0n) is 10.8. The Hall–Kier alpha value is -1.92. The van der Waals surface area contributed by atoms with Crippen molar-refractivity contribution in [1.82, 2.24) is 0 Å². The Morgan fingerprint density at radius 1 is 1.40 bits per heavy atom. The van der Waals surface area contributed by atoms with Crippen LogP contribution < -0.4 is 5.32 Å². The van der Waals surface area contributed by atoms with E-state index in [1.165, 1.54) is 29.5 Å². The molecule has 0 fully saturated rings. The summed E-state index contributed by atoms with van der Waals surface area (Å²) in [6.07, 6.45) is 0. The summed E-state index contributed by atoms with van der Waals surface area (Å²) in [5, 5.41) is 15.2. The van der Waals surface area contributed by atoms with Gasteiger partial charge in [0.25, 0.3) is 11.6 Å². The molecule has 0 aliphatic heterocycles. The van der Waals surface area contributed by atoms with Gasteiger partial charge in [-0.3, -0.25) is 14.9 Å². The van der Waals surface area contributed by atoms with E-state index in [1.54, 1.807) is 5.38 Å². The number of benzene rings is 1. The van der Waals surface area contributed by atoms with E-state index in [1.807, 2.05) is 13.8 Å². The van der Waals surface area contributed by atoms with Crippen LogP contribution in [0.2, 0.25) is 5.02 Å². The highest BCUT2D eigenvalue weighted by Crippen LogP contribution is 2.28. The number of rotatable bonds is 3. The van der Waals surface area contributed by atoms with Gasteiger partial charge in [-0.15, -0.1) is 11.3 Å². The van der Waals surface area contributed by atoms with Crippen LogP contribution in [0.1, 0.15) is 20.8 Å². The number of nitro groups is 1. The molecular weight excluding hydrogens is 300 g/mol. The summed E-state index contributed by atoms with van der Waals surface area (Å²) in [7, 11) is 0. The van der Waals surface area contributed by atoms with Crippen molar-refractivity contribution in [3.05, 3.63) is 54.7 Å². The standard InChI is InChI=1S/C13H11ClN2O3S/c1-7-8(2)20-6-10(7)13(17)15-12-4-3-9(16(18)19)5-11(12)14/h3-6H,1-2H3,(H,15,17). The first-order valence-corrected chi connectivity index (χ1v) is 6.96. The fourth-order valence-electron chi connectivity index (χ4n) is 1.65. The lowest BCUT2D eigenvalue weighted by atomic mass is 10.1. The molecule has 1 aromatic heterocycles. The van der Waals surface area contributed by atoms with Crippen molar-refractivity contribution >= 4 is 40.2 Å². The van der Waals surface area contributed by atoms with Gasteiger partial charge in [0, 0.05) is 22.4 Å². The summed E-state index contributed by atoms with van der Waals surface area (Å²) < 4.78 is 0. The minimum absolute atomic E-state index is 0.115. The van der Waals surface area contributed by atoms with E-state index >= 15 is 0 Å². The van der Waals surface area contributed by atoms with E-state index in [0.29, 0.717) is 11.3 Å². The molecule has 0 spiro atoms. The number of carbonyl (C=O) groups excluding carboxylic acids is 1. The Bertz CT molecular complexity index is 697. The highest BCUT2D eigenvalue weighted by Gasteiger charge is 2.15. The largest absolute Gasteiger partial charge is 0.321 e. The molecule has 7 heteroatoms. The predicted molar refractivity (Wildman–Crippen MR) is 79.9 cm³/mol.